The molecule has 7 N–H and O–H groups in total. The van der Waals surface area contributed by atoms with Gasteiger partial charge in [0.2, 0.25) is 11.6 Å². The van der Waals surface area contributed by atoms with Gasteiger partial charge in [0.1, 0.15) is 6.04 Å². The van der Waals surface area contributed by atoms with E-state index in [0.717, 1.165) is 24.3 Å². The number of nitrogens with two attached hydrogens (primary N) is 1. The van der Waals surface area contributed by atoms with Crippen molar-refractivity contribution >= 4 is 29.5 Å². The Labute approximate surface area is 200 Å². The van der Waals surface area contributed by atoms with Crippen molar-refractivity contribution in [1.82, 2.24) is 0 Å². The Morgan fingerprint density at radius 2 is 0.943 bits per heavy atom. The van der Waals surface area contributed by atoms with Crippen molar-refractivity contribution in [2.75, 3.05) is 0 Å². The summed E-state index contributed by atoms with van der Waals surface area (Å²) in [6.07, 6.45) is 0. The first-order valence-electron chi connectivity index (χ1n) is 10.1. The third kappa shape index (κ3) is 5.96. The maximum atomic E-state index is 12.6. The van der Waals surface area contributed by atoms with Gasteiger partial charge in [-0.05, 0) is 5.41 Å². The normalized spacial score (nSPS) is 15.3. The fourth-order valence-electron chi connectivity index (χ4n) is 2.80. The Bertz CT molecular complexity index is 1020. The Morgan fingerprint density at radius 3 is 1.11 bits per heavy atom. The van der Waals surface area contributed by atoms with Gasteiger partial charge in [0.15, 0.2) is 0 Å². The second kappa shape index (κ2) is 11.0. The molecule has 2 aromatic carbocycles. The average Bonchev–Trinajstić information content (AvgIpc) is 2.82. The molecule has 0 saturated carbocycles. The first-order valence-corrected chi connectivity index (χ1v) is 10.1. The Kier molecular flexibility index (Phi) is 9.14. The summed E-state index contributed by atoms with van der Waals surface area (Å²) < 4.78 is 0. The summed E-state index contributed by atoms with van der Waals surface area (Å²) in [7, 11) is 0. The van der Waals surface area contributed by atoms with E-state index in [4.69, 9.17) is 10.8 Å². The molecule has 2 rings (SSSR count). The van der Waals surface area contributed by atoms with Gasteiger partial charge >= 0.3 is 17.9 Å². The van der Waals surface area contributed by atoms with E-state index in [0.29, 0.717) is 0 Å². The summed E-state index contributed by atoms with van der Waals surface area (Å²) in [6.45, 7) is 5.39. The molecule has 0 aromatic heterocycles. The summed E-state index contributed by atoms with van der Waals surface area (Å²) >= 11 is 0. The number of hydrogen-bond acceptors (Lipinski definition) is 8. The number of ketones is 2. The van der Waals surface area contributed by atoms with Crippen LogP contribution in [0.4, 0.5) is 0 Å². The molecule has 0 saturated heterocycles. The molecule has 188 valence electrons. The van der Waals surface area contributed by atoms with Gasteiger partial charge in [0.25, 0.3) is 11.2 Å². The molecule has 0 radical (unpaired) electrons. The Morgan fingerprint density at radius 1 is 0.657 bits per heavy atom. The van der Waals surface area contributed by atoms with Crippen LogP contribution in [0.1, 0.15) is 41.5 Å². The van der Waals surface area contributed by atoms with Gasteiger partial charge in [-0.3, -0.25) is 14.4 Å². The van der Waals surface area contributed by atoms with Gasteiger partial charge in [-0.15, -0.1) is 0 Å². The number of benzene rings is 2. The standard InChI is InChI=1S/C18H14O8.C6H13NO2/c19-13(11-7-3-1-4-8-11)17(25,15(21)22)18(26,16(23)24)14(20)12-9-5-2-6-10-12;1-6(2,3)4(7)5(8)9/h1-10,25-26H,(H,21,22)(H,23,24);4H,7H2,1-3H3,(H,8,9)/t;4-/m.1/s1. The van der Waals surface area contributed by atoms with E-state index < -0.39 is 57.8 Å². The van der Waals surface area contributed by atoms with Crippen LogP contribution in [0, 0.1) is 5.41 Å². The smallest absolute Gasteiger partial charge is 0.348 e. The molecule has 0 bridgehead atoms. The highest BCUT2D eigenvalue weighted by Gasteiger charge is 2.69. The molecule has 35 heavy (non-hydrogen) atoms. The predicted molar refractivity (Wildman–Crippen MR) is 122 cm³/mol. The van der Waals surface area contributed by atoms with Gasteiger partial charge in [-0.1, -0.05) is 81.4 Å². The predicted octanol–water partition coefficient (Wildman–Crippen LogP) is 0.828. The molecule has 0 fully saturated rings. The lowest BCUT2D eigenvalue weighted by Gasteiger charge is -2.34. The number of carbonyl (C=O) groups is 5. The Hall–Kier alpha value is -3.93. The molecule has 2 aromatic rings. The number of aliphatic hydroxyl groups is 2. The zero-order chi connectivity index (χ0) is 27.2. The molecule has 3 atom stereocenters. The summed E-state index contributed by atoms with van der Waals surface area (Å²) in [6, 6.07) is 12.1. The van der Waals surface area contributed by atoms with Crippen molar-refractivity contribution in [3.05, 3.63) is 71.8 Å². The van der Waals surface area contributed by atoms with Crippen molar-refractivity contribution in [1.29, 1.82) is 0 Å². The molecule has 11 heteroatoms. The number of carboxylic acids is 3. The molecule has 0 spiro atoms. The first-order chi connectivity index (χ1) is 16.0. The van der Waals surface area contributed by atoms with E-state index >= 15 is 0 Å². The summed E-state index contributed by atoms with van der Waals surface area (Å²) in [5, 5.41) is 48.3. The topological polar surface area (TPSA) is 213 Å². The maximum Gasteiger partial charge on any atom is 0.348 e. The highest BCUT2D eigenvalue weighted by molar-refractivity contribution is 6.28. The van der Waals surface area contributed by atoms with Crippen LogP contribution < -0.4 is 5.73 Å². The minimum atomic E-state index is -3.95. The highest BCUT2D eigenvalue weighted by Crippen LogP contribution is 2.31. The number of aliphatic carboxylic acids is 3. The van der Waals surface area contributed by atoms with Crippen molar-refractivity contribution in [2.45, 2.75) is 38.0 Å². The zero-order valence-electron chi connectivity index (χ0n) is 19.2. The van der Waals surface area contributed by atoms with Crippen LogP contribution in [-0.4, -0.2) is 72.3 Å². The molecule has 0 aliphatic rings. The van der Waals surface area contributed by atoms with Crippen LogP contribution in [0.25, 0.3) is 0 Å². The molecule has 0 aliphatic carbocycles. The number of Topliss-reactive ketones (excluding diaryl/α,β-unsaturated/α-hetero) is 2. The summed E-state index contributed by atoms with van der Waals surface area (Å²) in [5.74, 6) is -8.97. The zero-order valence-corrected chi connectivity index (χ0v) is 19.2. The third-order valence-corrected chi connectivity index (χ3v) is 5.07. The van der Waals surface area contributed by atoms with Crippen LogP contribution >= 0.6 is 0 Å². The monoisotopic (exact) mass is 489 g/mol. The van der Waals surface area contributed by atoms with E-state index in [1.165, 1.54) is 36.4 Å². The molecular formula is C24H27NO10. The quantitative estimate of drug-likeness (QED) is 0.226. The van der Waals surface area contributed by atoms with Crippen LogP contribution in [0.15, 0.2) is 60.7 Å². The fourth-order valence-corrected chi connectivity index (χ4v) is 2.80. The number of hydrogen-bond donors (Lipinski definition) is 6. The van der Waals surface area contributed by atoms with Crippen LogP contribution in [0.3, 0.4) is 0 Å². The number of carboxylic acid groups (broad SMARTS) is 3. The van der Waals surface area contributed by atoms with Gasteiger partial charge in [0.05, 0.1) is 0 Å². The van der Waals surface area contributed by atoms with Crippen LogP contribution in [0.2, 0.25) is 0 Å². The molecular weight excluding hydrogens is 462 g/mol. The van der Waals surface area contributed by atoms with Crippen molar-refractivity contribution in [2.24, 2.45) is 11.1 Å². The highest BCUT2D eigenvalue weighted by atomic mass is 16.5. The Balaban J connectivity index is 0.000000579. The average molecular weight is 489 g/mol. The van der Waals surface area contributed by atoms with E-state index in [1.807, 2.05) is 0 Å². The van der Waals surface area contributed by atoms with E-state index in [-0.39, 0.29) is 5.41 Å². The summed E-state index contributed by atoms with van der Waals surface area (Å²) in [4.78, 5) is 58.8. The van der Waals surface area contributed by atoms with Gasteiger partial charge in [0, 0.05) is 11.1 Å². The van der Waals surface area contributed by atoms with Gasteiger partial charge < -0.3 is 31.3 Å². The second-order valence-electron chi connectivity index (χ2n) is 8.60. The van der Waals surface area contributed by atoms with Crippen molar-refractivity contribution < 1.29 is 49.5 Å². The summed E-state index contributed by atoms with van der Waals surface area (Å²) in [5.41, 5.74) is -3.73. The molecule has 0 amide bonds. The van der Waals surface area contributed by atoms with E-state index in [2.05, 4.69) is 0 Å². The van der Waals surface area contributed by atoms with Crippen molar-refractivity contribution in [3.63, 3.8) is 0 Å². The van der Waals surface area contributed by atoms with E-state index in [1.54, 1.807) is 20.8 Å². The van der Waals surface area contributed by atoms with Gasteiger partial charge in [-0.2, -0.15) is 0 Å². The fraction of sp³-hybridized carbons (Fsp3) is 0.292. The first kappa shape index (κ1) is 29.1. The van der Waals surface area contributed by atoms with E-state index in [9.17, 15) is 44.4 Å². The second-order valence-corrected chi connectivity index (χ2v) is 8.60. The number of rotatable bonds is 8. The van der Waals surface area contributed by atoms with Crippen LogP contribution in [-0.2, 0) is 14.4 Å². The van der Waals surface area contributed by atoms with Crippen LogP contribution in [0.5, 0.6) is 0 Å². The lowest BCUT2D eigenvalue weighted by atomic mass is 9.73. The molecule has 0 heterocycles. The lowest BCUT2D eigenvalue weighted by Crippen LogP contribution is -2.71. The lowest BCUT2D eigenvalue weighted by molar-refractivity contribution is -0.187. The largest absolute Gasteiger partial charge is 0.480 e. The molecule has 0 aliphatic heterocycles. The van der Waals surface area contributed by atoms with Crippen molar-refractivity contribution in [3.8, 4) is 0 Å². The molecule has 2 unspecified atom stereocenters. The van der Waals surface area contributed by atoms with Gasteiger partial charge in [-0.25, -0.2) is 9.59 Å². The number of carbonyl (C=O) groups excluding carboxylic acids is 2. The maximum absolute atomic E-state index is 12.6. The minimum Gasteiger partial charge on any atom is -0.480 e. The SMILES string of the molecule is CC(C)(C)[C@H](N)C(=O)O.O=C(O)C(O)(C(=O)c1ccccc1)C(O)(C(=O)O)C(=O)c1ccccc1. The third-order valence-electron chi connectivity index (χ3n) is 5.07. The molecule has 11 nitrogen and oxygen atoms in total. The minimum absolute atomic E-state index is 0.341.